The third kappa shape index (κ3) is 5.72. The fourth-order valence-electron chi connectivity index (χ4n) is 3.13. The van der Waals surface area contributed by atoms with Gasteiger partial charge in [-0.05, 0) is 12.5 Å². The van der Waals surface area contributed by atoms with E-state index in [0.717, 1.165) is 10.1 Å². The number of aliphatic hydroxyl groups excluding tert-OH is 2. The number of benzene rings is 1. The first-order chi connectivity index (χ1) is 15.4. The van der Waals surface area contributed by atoms with Crippen molar-refractivity contribution in [3.05, 3.63) is 58.1 Å². The highest BCUT2D eigenvalue weighted by Crippen LogP contribution is 2.28. The molecule has 10 nitrogen and oxygen atoms in total. The second kappa shape index (κ2) is 10.9. The average molecular weight is 443 g/mol. The number of ether oxygens (including phenoxy) is 3. The van der Waals surface area contributed by atoms with E-state index in [0.29, 0.717) is 19.6 Å². The Bertz CT molecular complexity index is 1020. The molecule has 170 valence electrons. The molecule has 0 spiro atoms. The van der Waals surface area contributed by atoms with E-state index < -0.39 is 36.3 Å². The molecule has 1 aromatic heterocycles. The number of aliphatic hydroxyl groups is 2. The molecular formula is C22H25N3O7. The summed E-state index contributed by atoms with van der Waals surface area (Å²) < 4.78 is 17.0. The Labute approximate surface area is 184 Å². The van der Waals surface area contributed by atoms with Gasteiger partial charge in [-0.3, -0.25) is 9.88 Å². The molecule has 1 aliphatic heterocycles. The van der Waals surface area contributed by atoms with E-state index in [-0.39, 0.29) is 18.0 Å². The van der Waals surface area contributed by atoms with Crippen LogP contribution in [0.5, 0.6) is 0 Å². The number of terminal acetylenes is 1. The van der Waals surface area contributed by atoms with E-state index in [1.807, 2.05) is 30.3 Å². The van der Waals surface area contributed by atoms with Crippen molar-refractivity contribution in [1.82, 2.24) is 9.55 Å². The van der Waals surface area contributed by atoms with Crippen LogP contribution >= 0.6 is 0 Å². The third-order valence-corrected chi connectivity index (χ3v) is 4.86. The second-order valence-corrected chi connectivity index (χ2v) is 7.20. The van der Waals surface area contributed by atoms with Gasteiger partial charge in [0.05, 0.1) is 31.5 Å². The van der Waals surface area contributed by atoms with Gasteiger partial charge in [-0.15, -0.1) is 6.42 Å². The van der Waals surface area contributed by atoms with Crippen LogP contribution in [0.1, 0.15) is 30.7 Å². The van der Waals surface area contributed by atoms with Crippen molar-refractivity contribution in [1.29, 1.82) is 0 Å². The minimum absolute atomic E-state index is 0.0811. The predicted octanol–water partition coefficient (Wildman–Crippen LogP) is 1.02. The summed E-state index contributed by atoms with van der Waals surface area (Å²) in [5, 5.41) is 22.3. The maximum Gasteiger partial charge on any atom is 0.412 e. The van der Waals surface area contributed by atoms with Crippen molar-refractivity contribution >= 4 is 11.9 Å². The molecule has 3 N–H and O–H groups in total. The van der Waals surface area contributed by atoms with Crippen LogP contribution in [0, 0.1) is 12.3 Å². The number of hydrogen-bond acceptors (Lipinski definition) is 8. The van der Waals surface area contributed by atoms with Crippen molar-refractivity contribution in [2.45, 2.75) is 44.5 Å². The lowest BCUT2D eigenvalue weighted by atomic mass is 10.1. The van der Waals surface area contributed by atoms with Gasteiger partial charge in [-0.2, -0.15) is 4.98 Å². The third-order valence-electron chi connectivity index (χ3n) is 4.86. The molecule has 2 heterocycles. The van der Waals surface area contributed by atoms with E-state index in [9.17, 15) is 19.8 Å². The first kappa shape index (κ1) is 23.4. The van der Waals surface area contributed by atoms with Crippen molar-refractivity contribution in [2.24, 2.45) is 0 Å². The second-order valence-electron chi connectivity index (χ2n) is 7.20. The Morgan fingerprint density at radius 2 is 2.03 bits per heavy atom. The van der Waals surface area contributed by atoms with Gasteiger partial charge in [0.1, 0.15) is 12.2 Å². The minimum Gasteiger partial charge on any atom is -0.449 e. The van der Waals surface area contributed by atoms with E-state index in [1.54, 1.807) is 6.92 Å². The van der Waals surface area contributed by atoms with Crippen LogP contribution in [0.3, 0.4) is 0 Å². The van der Waals surface area contributed by atoms with Gasteiger partial charge in [-0.25, -0.2) is 9.59 Å². The number of rotatable bonds is 8. The molecule has 0 bridgehead atoms. The number of amides is 1. The molecule has 1 fully saturated rings. The van der Waals surface area contributed by atoms with Gasteiger partial charge < -0.3 is 24.4 Å². The number of anilines is 1. The number of hydrogen-bond donors (Lipinski definition) is 3. The van der Waals surface area contributed by atoms with Crippen molar-refractivity contribution in [3.63, 3.8) is 0 Å². The van der Waals surface area contributed by atoms with Gasteiger partial charge in [0.25, 0.3) is 0 Å². The lowest BCUT2D eigenvalue weighted by molar-refractivity contribution is -0.0350. The van der Waals surface area contributed by atoms with E-state index in [4.69, 9.17) is 20.6 Å². The minimum atomic E-state index is -1.33. The van der Waals surface area contributed by atoms with Crippen molar-refractivity contribution in [2.75, 3.05) is 18.5 Å². The van der Waals surface area contributed by atoms with Gasteiger partial charge in [0.15, 0.2) is 12.0 Å². The molecule has 2 aromatic rings. The average Bonchev–Trinajstić information content (AvgIpc) is 3.04. The summed E-state index contributed by atoms with van der Waals surface area (Å²) in [7, 11) is 0. The van der Waals surface area contributed by atoms with Crippen molar-refractivity contribution in [3.8, 4) is 12.3 Å². The standard InChI is InChI=1S/C22H25N3O7/c1-3-16-12-25(20-18(27)17(26)14(2)32-20)21(28)23-19(16)24-22(29)31-11-7-10-30-13-15-8-5-4-6-9-15/h1,4-6,8-9,12,14,17-18,20,26-27H,7,10-11,13H2,2H3,(H,23,24,28,29)/t14-,17?,18?,20-/m1/s1. The largest absolute Gasteiger partial charge is 0.449 e. The Morgan fingerprint density at radius 3 is 2.69 bits per heavy atom. The van der Waals surface area contributed by atoms with Crippen LogP contribution in [0.15, 0.2) is 41.3 Å². The van der Waals surface area contributed by atoms with Crippen molar-refractivity contribution < 1.29 is 29.2 Å². The zero-order chi connectivity index (χ0) is 23.1. The summed E-state index contributed by atoms with van der Waals surface area (Å²) in [5.41, 5.74) is 0.310. The molecule has 0 aliphatic carbocycles. The lowest BCUT2D eigenvalue weighted by Gasteiger charge is -2.18. The first-order valence-corrected chi connectivity index (χ1v) is 10.1. The normalized spacial score (nSPS) is 22.3. The number of nitrogens with one attached hydrogen (secondary N) is 1. The van der Waals surface area contributed by atoms with Crippen LogP contribution in [0.4, 0.5) is 10.6 Å². The number of carbonyl (C=O) groups is 1. The van der Waals surface area contributed by atoms with Crippen LogP contribution in [0.25, 0.3) is 0 Å². The molecule has 4 atom stereocenters. The fraction of sp³-hybridized carbons (Fsp3) is 0.409. The number of carbonyl (C=O) groups excluding carboxylic acids is 1. The molecule has 32 heavy (non-hydrogen) atoms. The smallest absolute Gasteiger partial charge is 0.412 e. The lowest BCUT2D eigenvalue weighted by Crippen LogP contribution is -2.36. The molecule has 0 radical (unpaired) electrons. The molecular weight excluding hydrogens is 418 g/mol. The van der Waals surface area contributed by atoms with Gasteiger partial charge >= 0.3 is 11.8 Å². The molecule has 2 unspecified atom stereocenters. The zero-order valence-corrected chi connectivity index (χ0v) is 17.5. The quantitative estimate of drug-likeness (QED) is 0.407. The van der Waals surface area contributed by atoms with E-state index in [2.05, 4.69) is 16.2 Å². The first-order valence-electron chi connectivity index (χ1n) is 10.1. The van der Waals surface area contributed by atoms with Crippen LogP contribution in [-0.4, -0.2) is 57.4 Å². The molecule has 0 saturated carbocycles. The summed E-state index contributed by atoms with van der Waals surface area (Å²) in [4.78, 5) is 28.2. The van der Waals surface area contributed by atoms with Crippen LogP contribution in [-0.2, 0) is 20.8 Å². The number of nitrogens with zero attached hydrogens (tertiary/aromatic N) is 2. The summed E-state index contributed by atoms with van der Waals surface area (Å²) in [6.07, 6.45) is 2.03. The highest BCUT2D eigenvalue weighted by molar-refractivity contribution is 5.84. The molecule has 1 saturated heterocycles. The zero-order valence-electron chi connectivity index (χ0n) is 17.5. The Morgan fingerprint density at radius 1 is 1.28 bits per heavy atom. The van der Waals surface area contributed by atoms with E-state index >= 15 is 0 Å². The van der Waals surface area contributed by atoms with Crippen LogP contribution < -0.4 is 11.0 Å². The molecule has 1 aromatic carbocycles. The summed E-state index contributed by atoms with van der Waals surface area (Å²) in [5.74, 6) is 2.16. The number of aromatic nitrogens is 2. The molecule has 10 heteroatoms. The SMILES string of the molecule is C#Cc1cn([C@@H]2O[C@H](C)C(O)C2O)c(=O)nc1NC(=O)OCCCOCc1ccccc1. The Balaban J connectivity index is 1.51. The summed E-state index contributed by atoms with van der Waals surface area (Å²) in [6.45, 7) is 2.53. The maximum atomic E-state index is 12.4. The topological polar surface area (TPSA) is 132 Å². The maximum absolute atomic E-state index is 12.4. The van der Waals surface area contributed by atoms with Gasteiger partial charge in [-0.1, -0.05) is 36.3 Å². The summed E-state index contributed by atoms with van der Waals surface area (Å²) in [6, 6.07) is 9.69. The van der Waals surface area contributed by atoms with Gasteiger partial charge in [0, 0.05) is 12.6 Å². The van der Waals surface area contributed by atoms with E-state index in [1.165, 1.54) is 6.20 Å². The molecule has 1 amide bonds. The summed E-state index contributed by atoms with van der Waals surface area (Å²) >= 11 is 0. The monoisotopic (exact) mass is 443 g/mol. The molecule has 1 aliphatic rings. The highest BCUT2D eigenvalue weighted by Gasteiger charge is 2.42. The fourth-order valence-corrected chi connectivity index (χ4v) is 3.13. The highest BCUT2D eigenvalue weighted by atomic mass is 16.6. The predicted molar refractivity (Wildman–Crippen MR) is 114 cm³/mol. The van der Waals surface area contributed by atoms with Gasteiger partial charge in [0.2, 0.25) is 0 Å². The van der Waals surface area contributed by atoms with Crippen LogP contribution in [0.2, 0.25) is 0 Å². The Hall–Kier alpha value is -3.23. The molecule has 3 rings (SSSR count). The Kier molecular flexibility index (Phi) is 7.97.